The number of amides is 1. The number of carbonyl (C=O) groups is 1. The Morgan fingerprint density at radius 1 is 1.30 bits per heavy atom. The molecule has 1 aliphatic rings. The fourth-order valence-electron chi connectivity index (χ4n) is 3.40. The molecule has 1 aromatic rings. The van der Waals surface area contributed by atoms with Crippen molar-refractivity contribution in [2.45, 2.75) is 83.1 Å². The molecule has 1 saturated carbocycles. The lowest BCUT2D eigenvalue weighted by molar-refractivity contribution is 0.0418. The fraction of sp³-hybridized carbons (Fsp3) is 0.667. The van der Waals surface area contributed by atoms with Crippen molar-refractivity contribution in [1.82, 2.24) is 10.6 Å². The molecule has 152 valence electrons. The zero-order chi connectivity index (χ0) is 19.9. The van der Waals surface area contributed by atoms with E-state index in [0.717, 1.165) is 18.4 Å². The smallest absolute Gasteiger partial charge is 0.407 e. The summed E-state index contributed by atoms with van der Waals surface area (Å²) in [5.41, 5.74) is 0.371. The van der Waals surface area contributed by atoms with Gasteiger partial charge in [-0.1, -0.05) is 43.0 Å². The maximum atomic E-state index is 12.2. The number of hydrogen-bond donors (Lipinski definition) is 3. The van der Waals surface area contributed by atoms with E-state index in [1.807, 2.05) is 45.0 Å². The lowest BCUT2D eigenvalue weighted by Crippen LogP contribution is -2.51. The van der Waals surface area contributed by atoms with Crippen molar-refractivity contribution in [3.8, 4) is 0 Å². The SMILES string of the molecule is CC(C)(C)OC(=O)N[C@@H](Cc1cccc(Cl)c1)[C@H](O)CNC1CCCCC1. The number of alkyl carbamates (subject to hydrolysis) is 1. The summed E-state index contributed by atoms with van der Waals surface area (Å²) in [6.07, 6.45) is 5.28. The molecule has 0 radical (unpaired) electrons. The van der Waals surface area contributed by atoms with E-state index in [1.54, 1.807) is 0 Å². The van der Waals surface area contributed by atoms with Gasteiger partial charge in [0.2, 0.25) is 0 Å². The lowest BCUT2D eigenvalue weighted by Gasteiger charge is -2.29. The van der Waals surface area contributed by atoms with Crippen LogP contribution >= 0.6 is 11.6 Å². The van der Waals surface area contributed by atoms with Crippen molar-refractivity contribution >= 4 is 17.7 Å². The van der Waals surface area contributed by atoms with Crippen molar-refractivity contribution in [3.05, 3.63) is 34.9 Å². The molecule has 0 spiro atoms. The summed E-state index contributed by atoms with van der Waals surface area (Å²) < 4.78 is 5.37. The highest BCUT2D eigenvalue weighted by Crippen LogP contribution is 2.18. The number of benzene rings is 1. The van der Waals surface area contributed by atoms with Crippen LogP contribution < -0.4 is 10.6 Å². The summed E-state index contributed by atoms with van der Waals surface area (Å²) in [5, 5.41) is 17.7. The molecule has 2 atom stereocenters. The van der Waals surface area contributed by atoms with E-state index >= 15 is 0 Å². The van der Waals surface area contributed by atoms with Gasteiger partial charge in [-0.25, -0.2) is 4.79 Å². The Bertz CT molecular complexity index is 597. The molecule has 1 aromatic carbocycles. The molecule has 0 bridgehead atoms. The van der Waals surface area contributed by atoms with E-state index in [9.17, 15) is 9.90 Å². The van der Waals surface area contributed by atoms with Gasteiger partial charge in [0, 0.05) is 17.6 Å². The van der Waals surface area contributed by atoms with Gasteiger partial charge in [-0.3, -0.25) is 0 Å². The minimum Gasteiger partial charge on any atom is -0.444 e. The van der Waals surface area contributed by atoms with E-state index in [0.29, 0.717) is 24.0 Å². The van der Waals surface area contributed by atoms with Gasteiger partial charge in [0.1, 0.15) is 5.60 Å². The van der Waals surface area contributed by atoms with Crippen molar-refractivity contribution < 1.29 is 14.6 Å². The van der Waals surface area contributed by atoms with Crippen LogP contribution in [0.15, 0.2) is 24.3 Å². The first-order valence-electron chi connectivity index (χ1n) is 9.88. The molecule has 0 saturated heterocycles. The average molecular weight is 397 g/mol. The van der Waals surface area contributed by atoms with Crippen molar-refractivity contribution in [2.75, 3.05) is 6.54 Å². The van der Waals surface area contributed by atoms with Gasteiger partial charge in [-0.05, 0) is 57.7 Å². The first kappa shape index (κ1) is 22.0. The topological polar surface area (TPSA) is 70.6 Å². The molecule has 6 heteroatoms. The van der Waals surface area contributed by atoms with Gasteiger partial charge in [-0.2, -0.15) is 0 Å². The summed E-state index contributed by atoms with van der Waals surface area (Å²) in [6, 6.07) is 7.46. The van der Waals surface area contributed by atoms with Crippen LogP contribution in [0.5, 0.6) is 0 Å². The second kappa shape index (κ2) is 10.3. The van der Waals surface area contributed by atoms with Gasteiger partial charge < -0.3 is 20.5 Å². The summed E-state index contributed by atoms with van der Waals surface area (Å²) in [7, 11) is 0. The lowest BCUT2D eigenvalue weighted by atomic mass is 9.95. The maximum Gasteiger partial charge on any atom is 0.407 e. The normalized spacial score (nSPS) is 18.0. The summed E-state index contributed by atoms with van der Waals surface area (Å²) in [4.78, 5) is 12.2. The first-order valence-corrected chi connectivity index (χ1v) is 10.3. The molecular formula is C21H33ClN2O3. The molecule has 1 fully saturated rings. The second-order valence-corrected chi connectivity index (χ2v) is 8.83. The fourth-order valence-corrected chi connectivity index (χ4v) is 3.61. The minimum atomic E-state index is -0.724. The van der Waals surface area contributed by atoms with Gasteiger partial charge in [0.05, 0.1) is 12.1 Å². The van der Waals surface area contributed by atoms with Crippen LogP contribution in [0.2, 0.25) is 5.02 Å². The highest BCUT2D eigenvalue weighted by Gasteiger charge is 2.26. The number of nitrogens with one attached hydrogen (secondary N) is 2. The minimum absolute atomic E-state index is 0.436. The highest BCUT2D eigenvalue weighted by molar-refractivity contribution is 6.30. The van der Waals surface area contributed by atoms with Crippen LogP contribution in [-0.4, -0.2) is 41.5 Å². The predicted octanol–water partition coefficient (Wildman–Crippen LogP) is 4.06. The second-order valence-electron chi connectivity index (χ2n) is 8.40. The Kier molecular flexibility index (Phi) is 8.39. The molecule has 2 rings (SSSR count). The Morgan fingerprint density at radius 3 is 2.63 bits per heavy atom. The van der Waals surface area contributed by atoms with E-state index in [4.69, 9.17) is 16.3 Å². The molecule has 27 heavy (non-hydrogen) atoms. The van der Waals surface area contributed by atoms with Crippen LogP contribution in [0.3, 0.4) is 0 Å². The molecular weight excluding hydrogens is 364 g/mol. The monoisotopic (exact) mass is 396 g/mol. The van der Waals surface area contributed by atoms with Crippen LogP contribution in [0.4, 0.5) is 4.79 Å². The number of rotatable bonds is 7. The molecule has 0 unspecified atom stereocenters. The number of aliphatic hydroxyl groups is 1. The van der Waals surface area contributed by atoms with Crippen molar-refractivity contribution in [1.29, 1.82) is 0 Å². The molecule has 1 aliphatic carbocycles. The molecule has 1 amide bonds. The van der Waals surface area contributed by atoms with E-state index in [1.165, 1.54) is 19.3 Å². The Labute approximate surface area is 167 Å². The van der Waals surface area contributed by atoms with Crippen LogP contribution in [0, 0.1) is 0 Å². The standard InChI is InChI=1S/C21H33ClN2O3/c1-21(2,3)27-20(26)24-18(13-15-8-7-9-16(22)12-15)19(25)14-23-17-10-5-4-6-11-17/h7-9,12,17-19,23,25H,4-6,10-11,13-14H2,1-3H3,(H,24,26)/t18-,19+/m0/s1. The third kappa shape index (κ3) is 8.50. The Hall–Kier alpha value is -1.30. The van der Waals surface area contributed by atoms with E-state index < -0.39 is 23.8 Å². The molecule has 3 N–H and O–H groups in total. The van der Waals surface area contributed by atoms with Crippen LogP contribution in [0.1, 0.15) is 58.4 Å². The Morgan fingerprint density at radius 2 is 2.00 bits per heavy atom. The quantitative estimate of drug-likeness (QED) is 0.650. The molecule has 0 aliphatic heterocycles. The third-order valence-electron chi connectivity index (χ3n) is 4.73. The number of hydrogen-bond acceptors (Lipinski definition) is 4. The van der Waals surface area contributed by atoms with Gasteiger partial charge >= 0.3 is 6.09 Å². The molecule has 0 aromatic heterocycles. The average Bonchev–Trinajstić information content (AvgIpc) is 2.58. The zero-order valence-electron chi connectivity index (χ0n) is 16.6. The third-order valence-corrected chi connectivity index (χ3v) is 4.97. The summed E-state index contributed by atoms with van der Waals surface area (Å²) >= 11 is 6.08. The molecule has 5 nitrogen and oxygen atoms in total. The van der Waals surface area contributed by atoms with Crippen molar-refractivity contribution in [3.63, 3.8) is 0 Å². The predicted molar refractivity (Wildman–Crippen MR) is 109 cm³/mol. The zero-order valence-corrected chi connectivity index (χ0v) is 17.4. The number of ether oxygens (including phenoxy) is 1. The van der Waals surface area contributed by atoms with Crippen LogP contribution in [-0.2, 0) is 11.2 Å². The van der Waals surface area contributed by atoms with Gasteiger partial charge in [0.25, 0.3) is 0 Å². The van der Waals surface area contributed by atoms with Crippen molar-refractivity contribution in [2.24, 2.45) is 0 Å². The Balaban J connectivity index is 1.99. The van der Waals surface area contributed by atoms with Gasteiger partial charge in [0.15, 0.2) is 0 Å². The largest absolute Gasteiger partial charge is 0.444 e. The summed E-state index contributed by atoms with van der Waals surface area (Å²) in [6.45, 7) is 5.89. The van der Waals surface area contributed by atoms with E-state index in [-0.39, 0.29) is 0 Å². The summed E-state index contributed by atoms with van der Waals surface area (Å²) in [5.74, 6) is 0. The number of aliphatic hydroxyl groups excluding tert-OH is 1. The molecule has 0 heterocycles. The highest BCUT2D eigenvalue weighted by atomic mass is 35.5. The number of halogens is 1. The van der Waals surface area contributed by atoms with Crippen LogP contribution in [0.25, 0.3) is 0 Å². The first-order chi connectivity index (χ1) is 12.7. The number of carbonyl (C=O) groups excluding carboxylic acids is 1. The van der Waals surface area contributed by atoms with Gasteiger partial charge in [-0.15, -0.1) is 0 Å². The van der Waals surface area contributed by atoms with E-state index in [2.05, 4.69) is 10.6 Å². The maximum absolute atomic E-state index is 12.2.